The predicted molar refractivity (Wildman–Crippen MR) is 88.4 cm³/mol. The van der Waals surface area contributed by atoms with E-state index < -0.39 is 10.8 Å². The van der Waals surface area contributed by atoms with Crippen molar-refractivity contribution in [2.45, 2.75) is 24.2 Å². The van der Waals surface area contributed by atoms with Crippen LogP contribution in [-0.2, 0) is 10.8 Å². The lowest BCUT2D eigenvalue weighted by atomic mass is 10.1. The standard InChI is InChI=1S/C18H19NOS/c20-21-13-16(19-11-5-2-6-12-19)18-15-8-4-1-3-7-14(15)9-10-17(18)21/h1,3-4,7-10H,2,5-6,11-13H2. The highest BCUT2D eigenvalue weighted by Gasteiger charge is 2.25. The number of fused-ring (bicyclic) bond motifs is 3. The van der Waals surface area contributed by atoms with Gasteiger partial charge in [0.25, 0.3) is 0 Å². The first kappa shape index (κ1) is 13.1. The Morgan fingerprint density at radius 1 is 1.00 bits per heavy atom. The Bertz CT molecular complexity index is 782. The van der Waals surface area contributed by atoms with Crippen molar-refractivity contribution >= 4 is 28.6 Å². The van der Waals surface area contributed by atoms with Crippen LogP contribution in [0.2, 0.25) is 0 Å². The predicted octanol–water partition coefficient (Wildman–Crippen LogP) is 1.77. The van der Waals surface area contributed by atoms with E-state index in [0.717, 1.165) is 18.0 Å². The Morgan fingerprint density at radius 3 is 2.71 bits per heavy atom. The molecule has 0 bridgehead atoms. The van der Waals surface area contributed by atoms with Gasteiger partial charge in [-0.3, -0.25) is 4.21 Å². The van der Waals surface area contributed by atoms with Crippen molar-refractivity contribution in [3.05, 3.63) is 46.4 Å². The first-order valence-corrected chi connectivity index (χ1v) is 9.01. The molecule has 1 aromatic rings. The van der Waals surface area contributed by atoms with Gasteiger partial charge in [0.05, 0.1) is 16.6 Å². The zero-order valence-corrected chi connectivity index (χ0v) is 12.9. The van der Waals surface area contributed by atoms with Crippen molar-refractivity contribution in [2.24, 2.45) is 0 Å². The van der Waals surface area contributed by atoms with Crippen LogP contribution in [0.25, 0.3) is 17.8 Å². The summed E-state index contributed by atoms with van der Waals surface area (Å²) in [6.45, 7) is 2.22. The molecular formula is C18H19NOS. The molecule has 1 aliphatic carbocycles. The van der Waals surface area contributed by atoms with Gasteiger partial charge in [0.1, 0.15) is 0 Å². The van der Waals surface area contributed by atoms with Crippen molar-refractivity contribution in [1.82, 2.24) is 4.90 Å². The molecular weight excluding hydrogens is 278 g/mol. The van der Waals surface area contributed by atoms with Crippen LogP contribution >= 0.6 is 0 Å². The molecule has 2 nitrogen and oxygen atoms in total. The summed E-state index contributed by atoms with van der Waals surface area (Å²) in [5.41, 5.74) is 2.53. The summed E-state index contributed by atoms with van der Waals surface area (Å²) in [7, 11) is -0.880. The minimum absolute atomic E-state index is 0.688. The lowest BCUT2D eigenvalue weighted by molar-refractivity contribution is 0.322. The smallest absolute Gasteiger partial charge is 0.0689 e. The Hall–Kier alpha value is -1.61. The Balaban J connectivity index is 2.01. The topological polar surface area (TPSA) is 20.3 Å². The van der Waals surface area contributed by atoms with Crippen LogP contribution in [-0.4, -0.2) is 28.0 Å². The number of nitrogens with zero attached hydrogens (tertiary/aromatic N) is 1. The average molecular weight is 297 g/mol. The van der Waals surface area contributed by atoms with Gasteiger partial charge in [-0.05, 0) is 36.1 Å². The second-order valence-electron chi connectivity index (χ2n) is 5.84. The molecule has 0 amide bonds. The number of rotatable bonds is 1. The number of allylic oxidation sites excluding steroid dienone is 3. The third-order valence-electron chi connectivity index (χ3n) is 4.54. The maximum atomic E-state index is 12.5. The summed E-state index contributed by atoms with van der Waals surface area (Å²) in [5, 5.41) is 2.48. The lowest BCUT2D eigenvalue weighted by Crippen LogP contribution is -2.37. The third-order valence-corrected chi connectivity index (χ3v) is 5.91. The van der Waals surface area contributed by atoms with Crippen LogP contribution < -0.4 is 10.4 Å². The Labute approximate surface area is 127 Å². The van der Waals surface area contributed by atoms with E-state index >= 15 is 0 Å². The molecule has 3 aliphatic rings. The van der Waals surface area contributed by atoms with Crippen molar-refractivity contribution in [2.75, 3.05) is 18.8 Å². The fourth-order valence-electron chi connectivity index (χ4n) is 3.49. The number of hydrogen-bond acceptors (Lipinski definition) is 2. The molecule has 0 N–H and O–H groups in total. The lowest BCUT2D eigenvalue weighted by Gasteiger charge is -2.29. The van der Waals surface area contributed by atoms with Crippen LogP contribution in [0.5, 0.6) is 0 Å². The normalized spacial score (nSPS) is 23.5. The van der Waals surface area contributed by atoms with E-state index in [2.05, 4.69) is 47.4 Å². The van der Waals surface area contributed by atoms with Gasteiger partial charge in [-0.2, -0.15) is 0 Å². The Morgan fingerprint density at radius 2 is 1.86 bits per heavy atom. The minimum atomic E-state index is -0.880. The summed E-state index contributed by atoms with van der Waals surface area (Å²) >= 11 is 0. The van der Waals surface area contributed by atoms with Crippen molar-refractivity contribution in [3.63, 3.8) is 0 Å². The monoisotopic (exact) mass is 297 g/mol. The van der Waals surface area contributed by atoms with E-state index in [1.54, 1.807) is 0 Å². The molecule has 108 valence electrons. The van der Waals surface area contributed by atoms with E-state index in [-0.39, 0.29) is 0 Å². The first-order valence-electron chi connectivity index (χ1n) is 7.69. The minimum Gasteiger partial charge on any atom is -0.374 e. The van der Waals surface area contributed by atoms with E-state index in [4.69, 9.17) is 0 Å². The third kappa shape index (κ3) is 2.20. The van der Waals surface area contributed by atoms with Crippen LogP contribution in [0.3, 0.4) is 0 Å². The van der Waals surface area contributed by atoms with Gasteiger partial charge < -0.3 is 4.90 Å². The maximum Gasteiger partial charge on any atom is 0.0689 e. The molecule has 0 radical (unpaired) electrons. The molecule has 0 spiro atoms. The van der Waals surface area contributed by atoms with E-state index in [9.17, 15) is 4.21 Å². The zero-order chi connectivity index (χ0) is 14.2. The van der Waals surface area contributed by atoms with Crippen LogP contribution in [0.4, 0.5) is 0 Å². The van der Waals surface area contributed by atoms with Gasteiger partial charge >= 0.3 is 0 Å². The fourth-order valence-corrected chi connectivity index (χ4v) is 4.90. The summed E-state index contributed by atoms with van der Waals surface area (Å²) in [6.07, 6.45) is 14.3. The van der Waals surface area contributed by atoms with Gasteiger partial charge in [0.15, 0.2) is 0 Å². The molecule has 1 saturated heterocycles. The molecule has 1 unspecified atom stereocenters. The first-order chi connectivity index (χ1) is 10.3. The molecule has 1 aromatic carbocycles. The average Bonchev–Trinajstić information content (AvgIpc) is 2.72. The van der Waals surface area contributed by atoms with Gasteiger partial charge in [0.2, 0.25) is 0 Å². The second-order valence-corrected chi connectivity index (χ2v) is 7.26. The van der Waals surface area contributed by atoms with Gasteiger partial charge in [-0.15, -0.1) is 0 Å². The van der Waals surface area contributed by atoms with Crippen LogP contribution in [0.1, 0.15) is 24.8 Å². The van der Waals surface area contributed by atoms with Crippen LogP contribution in [0, 0.1) is 0 Å². The van der Waals surface area contributed by atoms with Crippen LogP contribution in [0.15, 0.2) is 35.3 Å². The SMILES string of the molecule is O=S1CC(N2CCCCC2)=c2c1ccc1c2=CC=CC=C1. The number of piperidine rings is 1. The molecule has 1 fully saturated rings. The quantitative estimate of drug-likeness (QED) is 0.787. The summed E-state index contributed by atoms with van der Waals surface area (Å²) in [4.78, 5) is 3.49. The molecule has 1 atom stereocenters. The van der Waals surface area contributed by atoms with Gasteiger partial charge in [0, 0.05) is 28.9 Å². The molecule has 0 saturated carbocycles. The summed E-state index contributed by atoms with van der Waals surface area (Å²) in [5.74, 6) is 0.688. The zero-order valence-electron chi connectivity index (χ0n) is 12.0. The van der Waals surface area contributed by atoms with E-state index in [1.807, 2.05) is 0 Å². The molecule has 2 heterocycles. The van der Waals surface area contributed by atoms with Crippen molar-refractivity contribution in [3.8, 4) is 0 Å². The molecule has 3 heteroatoms. The van der Waals surface area contributed by atoms with E-state index in [1.165, 1.54) is 41.0 Å². The highest BCUT2D eigenvalue weighted by molar-refractivity contribution is 7.85. The molecule has 21 heavy (non-hydrogen) atoms. The number of benzene rings is 1. The largest absolute Gasteiger partial charge is 0.374 e. The summed E-state index contributed by atoms with van der Waals surface area (Å²) in [6, 6.07) is 4.16. The van der Waals surface area contributed by atoms with Gasteiger partial charge in [-0.25, -0.2) is 0 Å². The van der Waals surface area contributed by atoms with Crippen molar-refractivity contribution < 1.29 is 4.21 Å². The van der Waals surface area contributed by atoms with E-state index in [0.29, 0.717) is 5.75 Å². The number of hydrogen-bond donors (Lipinski definition) is 0. The number of likely N-dealkylation sites (tertiary alicyclic amines) is 1. The van der Waals surface area contributed by atoms with Crippen molar-refractivity contribution in [1.29, 1.82) is 0 Å². The summed E-state index contributed by atoms with van der Waals surface area (Å²) < 4.78 is 12.5. The second kappa shape index (κ2) is 5.30. The van der Waals surface area contributed by atoms with Gasteiger partial charge in [-0.1, -0.05) is 36.4 Å². The molecule has 4 rings (SSSR count). The maximum absolute atomic E-state index is 12.5. The molecule has 0 aromatic heterocycles. The molecule has 2 aliphatic heterocycles. The fraction of sp³-hybridized carbons (Fsp3) is 0.333. The highest BCUT2D eigenvalue weighted by Crippen LogP contribution is 2.21. The Kier molecular flexibility index (Phi) is 3.30. The highest BCUT2D eigenvalue weighted by atomic mass is 32.2.